The second-order valence-electron chi connectivity index (χ2n) is 3.30. The molecule has 0 N–H and O–H groups in total. The Morgan fingerprint density at radius 1 is 1.47 bits per heavy atom. The lowest BCUT2D eigenvalue weighted by Gasteiger charge is -2.11. The molecule has 1 rings (SSSR count). The van der Waals surface area contributed by atoms with Crippen molar-refractivity contribution >= 4 is 9.84 Å². The van der Waals surface area contributed by atoms with E-state index in [0.29, 0.717) is 5.88 Å². The molecule has 0 spiro atoms. The minimum atomic E-state index is -3.30. The van der Waals surface area contributed by atoms with E-state index in [1.165, 1.54) is 12.4 Å². The van der Waals surface area contributed by atoms with Crippen LogP contribution in [0.2, 0.25) is 0 Å². The molecule has 0 saturated heterocycles. The molecular formula is C9H14N2O3S. The van der Waals surface area contributed by atoms with Gasteiger partial charge in [-0.25, -0.2) is 18.4 Å². The first-order valence-corrected chi connectivity index (χ1v) is 6.51. The molecule has 0 aromatic carbocycles. The maximum atomic E-state index is 11.2. The van der Waals surface area contributed by atoms with Crippen LogP contribution in [-0.2, 0) is 9.84 Å². The highest BCUT2D eigenvalue weighted by Crippen LogP contribution is 2.13. The minimum absolute atomic E-state index is 0.00677. The second-order valence-corrected chi connectivity index (χ2v) is 5.27. The molecule has 0 bridgehead atoms. The van der Waals surface area contributed by atoms with Gasteiger partial charge >= 0.3 is 0 Å². The highest BCUT2D eigenvalue weighted by atomic mass is 32.2. The molecule has 0 aliphatic rings. The summed E-state index contributed by atoms with van der Waals surface area (Å²) in [6.07, 6.45) is 3.13. The molecule has 0 aliphatic heterocycles. The van der Waals surface area contributed by atoms with Crippen molar-refractivity contribution < 1.29 is 13.2 Å². The van der Waals surface area contributed by atoms with Crippen LogP contribution in [-0.4, -0.2) is 30.7 Å². The van der Waals surface area contributed by atoms with Gasteiger partial charge in [0.2, 0.25) is 5.88 Å². The van der Waals surface area contributed by atoms with E-state index >= 15 is 0 Å². The van der Waals surface area contributed by atoms with Crippen molar-refractivity contribution in [2.75, 3.05) is 6.26 Å². The van der Waals surface area contributed by atoms with Gasteiger partial charge in [0.25, 0.3) is 0 Å². The number of hydrogen-bond donors (Lipinski definition) is 0. The first kappa shape index (κ1) is 11.9. The fraction of sp³-hybridized carbons (Fsp3) is 0.556. The van der Waals surface area contributed by atoms with Crippen LogP contribution in [0.5, 0.6) is 5.88 Å². The van der Waals surface area contributed by atoms with Crippen LogP contribution in [0.15, 0.2) is 17.4 Å². The van der Waals surface area contributed by atoms with E-state index < -0.39 is 9.84 Å². The third kappa shape index (κ3) is 3.47. The standard InChI is InChI=1S/C9H14N2O3S/c1-4-7(2)14-8-5-9(11-6-10-8)15(3,12)13/h5-7H,4H2,1-3H3. The second kappa shape index (κ2) is 4.57. The van der Waals surface area contributed by atoms with E-state index in [1.54, 1.807) is 0 Å². The highest BCUT2D eigenvalue weighted by Gasteiger charge is 2.11. The van der Waals surface area contributed by atoms with Crippen LogP contribution >= 0.6 is 0 Å². The first-order valence-electron chi connectivity index (χ1n) is 4.62. The molecule has 84 valence electrons. The topological polar surface area (TPSA) is 69.2 Å². The molecule has 1 atom stereocenters. The molecule has 1 aromatic rings. The number of hydrogen-bond acceptors (Lipinski definition) is 5. The SMILES string of the molecule is CCC(C)Oc1cc(S(C)(=O)=O)ncn1. The van der Waals surface area contributed by atoms with Crippen molar-refractivity contribution in [2.24, 2.45) is 0 Å². The molecule has 1 aromatic heterocycles. The molecule has 5 nitrogen and oxygen atoms in total. The highest BCUT2D eigenvalue weighted by molar-refractivity contribution is 7.90. The van der Waals surface area contributed by atoms with Crippen LogP contribution in [0.3, 0.4) is 0 Å². The summed E-state index contributed by atoms with van der Waals surface area (Å²) in [5.74, 6) is 0.291. The first-order chi connectivity index (χ1) is 6.93. The van der Waals surface area contributed by atoms with Crippen molar-refractivity contribution in [3.63, 3.8) is 0 Å². The van der Waals surface area contributed by atoms with Gasteiger partial charge in [0.1, 0.15) is 6.33 Å². The summed E-state index contributed by atoms with van der Waals surface area (Å²) >= 11 is 0. The van der Waals surface area contributed by atoms with Crippen molar-refractivity contribution in [2.45, 2.75) is 31.4 Å². The minimum Gasteiger partial charge on any atom is -0.475 e. The van der Waals surface area contributed by atoms with Gasteiger partial charge in [-0.05, 0) is 13.3 Å². The van der Waals surface area contributed by atoms with E-state index in [1.807, 2.05) is 13.8 Å². The van der Waals surface area contributed by atoms with Crippen LogP contribution in [0.25, 0.3) is 0 Å². The molecule has 0 amide bonds. The van der Waals surface area contributed by atoms with Gasteiger partial charge in [0.05, 0.1) is 6.10 Å². The van der Waals surface area contributed by atoms with Gasteiger partial charge in [-0.15, -0.1) is 0 Å². The summed E-state index contributed by atoms with van der Waals surface area (Å²) in [7, 11) is -3.30. The Bertz CT molecular complexity index is 431. The molecule has 0 fully saturated rings. The van der Waals surface area contributed by atoms with Crippen LogP contribution < -0.4 is 4.74 Å². The Balaban J connectivity index is 2.94. The fourth-order valence-corrected chi connectivity index (χ4v) is 1.43. The van der Waals surface area contributed by atoms with Crippen molar-refractivity contribution in [3.05, 3.63) is 12.4 Å². The van der Waals surface area contributed by atoms with E-state index in [4.69, 9.17) is 4.74 Å². The summed E-state index contributed by atoms with van der Waals surface area (Å²) < 4.78 is 27.8. The van der Waals surface area contributed by atoms with E-state index in [-0.39, 0.29) is 11.1 Å². The lowest BCUT2D eigenvalue weighted by molar-refractivity contribution is 0.207. The smallest absolute Gasteiger partial charge is 0.217 e. The van der Waals surface area contributed by atoms with Gasteiger partial charge in [0, 0.05) is 12.3 Å². The van der Waals surface area contributed by atoms with Crippen LogP contribution in [0.1, 0.15) is 20.3 Å². The van der Waals surface area contributed by atoms with E-state index in [2.05, 4.69) is 9.97 Å². The Hall–Kier alpha value is -1.17. The number of aromatic nitrogens is 2. The molecule has 15 heavy (non-hydrogen) atoms. The summed E-state index contributed by atoms with van der Waals surface area (Å²) in [6.45, 7) is 3.87. The van der Waals surface area contributed by atoms with Crippen LogP contribution in [0, 0.1) is 0 Å². The Morgan fingerprint density at radius 2 is 2.13 bits per heavy atom. The molecule has 0 saturated carbocycles. The third-order valence-electron chi connectivity index (χ3n) is 1.89. The third-order valence-corrected chi connectivity index (χ3v) is 2.88. The summed E-state index contributed by atoms with van der Waals surface area (Å²) in [5.41, 5.74) is 0. The predicted octanol–water partition coefficient (Wildman–Crippen LogP) is 1.06. The Labute approximate surface area is 89.4 Å². The van der Waals surface area contributed by atoms with E-state index in [9.17, 15) is 8.42 Å². The van der Waals surface area contributed by atoms with Crippen molar-refractivity contribution in [1.29, 1.82) is 0 Å². The van der Waals surface area contributed by atoms with Crippen molar-refractivity contribution in [3.8, 4) is 5.88 Å². The number of rotatable bonds is 4. The summed E-state index contributed by atoms with van der Waals surface area (Å²) in [6, 6.07) is 1.33. The zero-order chi connectivity index (χ0) is 11.5. The molecule has 6 heteroatoms. The molecule has 1 heterocycles. The Morgan fingerprint density at radius 3 is 2.67 bits per heavy atom. The summed E-state index contributed by atoms with van der Waals surface area (Å²) in [4.78, 5) is 7.51. The van der Waals surface area contributed by atoms with Gasteiger partial charge in [0.15, 0.2) is 14.9 Å². The average Bonchev–Trinajstić information content (AvgIpc) is 2.17. The number of ether oxygens (including phenoxy) is 1. The van der Waals surface area contributed by atoms with E-state index in [0.717, 1.165) is 12.7 Å². The molecule has 0 radical (unpaired) electrons. The lowest BCUT2D eigenvalue weighted by atomic mass is 10.3. The van der Waals surface area contributed by atoms with Gasteiger partial charge < -0.3 is 4.74 Å². The number of sulfone groups is 1. The monoisotopic (exact) mass is 230 g/mol. The van der Waals surface area contributed by atoms with Gasteiger partial charge in [-0.3, -0.25) is 0 Å². The summed E-state index contributed by atoms with van der Waals surface area (Å²) in [5, 5.41) is -0.0178. The van der Waals surface area contributed by atoms with Crippen molar-refractivity contribution in [1.82, 2.24) is 9.97 Å². The average molecular weight is 230 g/mol. The Kier molecular flexibility index (Phi) is 3.62. The molecule has 0 aliphatic carbocycles. The predicted molar refractivity (Wildman–Crippen MR) is 55.5 cm³/mol. The van der Waals surface area contributed by atoms with Crippen LogP contribution in [0.4, 0.5) is 0 Å². The zero-order valence-corrected chi connectivity index (χ0v) is 9.78. The lowest BCUT2D eigenvalue weighted by Crippen LogP contribution is -2.11. The van der Waals surface area contributed by atoms with Gasteiger partial charge in [-0.1, -0.05) is 6.92 Å². The normalized spacial score (nSPS) is 13.5. The molecular weight excluding hydrogens is 216 g/mol. The maximum Gasteiger partial charge on any atom is 0.217 e. The van der Waals surface area contributed by atoms with Gasteiger partial charge in [-0.2, -0.15) is 0 Å². The fourth-order valence-electron chi connectivity index (χ4n) is 0.880. The number of nitrogens with zero attached hydrogens (tertiary/aromatic N) is 2. The largest absolute Gasteiger partial charge is 0.475 e. The molecule has 1 unspecified atom stereocenters. The quantitative estimate of drug-likeness (QED) is 0.723. The zero-order valence-electron chi connectivity index (χ0n) is 8.97. The maximum absolute atomic E-state index is 11.2.